The summed E-state index contributed by atoms with van der Waals surface area (Å²) in [6.45, 7) is 0. The van der Waals surface area contributed by atoms with Crippen LogP contribution >= 0.6 is 0 Å². The molecule has 0 aromatic carbocycles. The Morgan fingerprint density at radius 2 is 2.22 bits per heavy atom. The monoisotopic (exact) mass is 362 g/mol. The summed E-state index contributed by atoms with van der Waals surface area (Å²) in [6.07, 6.45) is 9.11. The fraction of sp³-hybridized carbons (Fsp3) is 0.600. The molecule has 3 heterocycles. The van der Waals surface area contributed by atoms with Crippen LogP contribution in [-0.2, 0) is 0 Å². The topological polar surface area (TPSA) is 84.7 Å². The number of nitrogens with one attached hydrogen (secondary N) is 1. The number of fused-ring (bicyclic) bond motifs is 5. The third-order valence-electron chi connectivity index (χ3n) is 8.69. The fourth-order valence-electron chi connectivity index (χ4n) is 7.93. The zero-order valence-corrected chi connectivity index (χ0v) is 15.4. The first kappa shape index (κ1) is 15.1. The van der Waals surface area contributed by atoms with E-state index in [1.807, 2.05) is 13.2 Å². The number of hydrogen-bond acceptors (Lipinski definition) is 5. The minimum Gasteiger partial charge on any atom is -0.428 e. The van der Waals surface area contributed by atoms with E-state index in [1.165, 1.54) is 12.8 Å². The highest BCUT2D eigenvalue weighted by Gasteiger charge is 2.74. The van der Waals surface area contributed by atoms with Gasteiger partial charge >= 0.3 is 7.05 Å². The van der Waals surface area contributed by atoms with Crippen molar-refractivity contribution < 1.29 is 10.1 Å². The standard InChI is InChI=1S/C20H23BN4O2/c1-25-21(27)14-8-23-18-12(2-3-22-18)16(14)17(24-25)15-10-5-19(26)7-11-4-13(15)20(11,6-10)9-19/h2-3,8,10-11,13,15,26-27H,4-7,9H2,1H3,(H,22,23). The average molecular weight is 362 g/mol. The number of H-pyrrole nitrogens is 1. The first-order chi connectivity index (χ1) is 13.0. The van der Waals surface area contributed by atoms with Gasteiger partial charge < -0.3 is 20.0 Å². The molecule has 138 valence electrons. The van der Waals surface area contributed by atoms with Crippen molar-refractivity contribution in [1.29, 1.82) is 0 Å². The maximum atomic E-state index is 11.1. The summed E-state index contributed by atoms with van der Waals surface area (Å²) in [5.41, 5.74) is 3.81. The molecule has 6 unspecified atom stereocenters. The molecule has 1 aliphatic heterocycles. The van der Waals surface area contributed by atoms with Gasteiger partial charge in [-0.1, -0.05) is 0 Å². The second-order valence-electron chi connectivity index (χ2n) is 9.83. The number of hydrogen-bond donors (Lipinski definition) is 3. The zero-order valence-electron chi connectivity index (χ0n) is 15.4. The van der Waals surface area contributed by atoms with Crippen molar-refractivity contribution in [2.75, 3.05) is 7.05 Å². The van der Waals surface area contributed by atoms with Crippen LogP contribution in [0.4, 0.5) is 0 Å². The van der Waals surface area contributed by atoms with Gasteiger partial charge in [0.25, 0.3) is 0 Å². The van der Waals surface area contributed by atoms with Gasteiger partial charge in [-0.25, -0.2) is 4.98 Å². The maximum absolute atomic E-state index is 11.1. The summed E-state index contributed by atoms with van der Waals surface area (Å²) in [7, 11) is 1.08. The molecule has 5 aliphatic rings. The van der Waals surface area contributed by atoms with E-state index in [2.05, 4.69) is 16.0 Å². The Bertz CT molecular complexity index is 1030. The first-order valence-corrected chi connectivity index (χ1v) is 10.2. The van der Waals surface area contributed by atoms with Gasteiger partial charge in [-0.3, -0.25) is 0 Å². The molecular weight excluding hydrogens is 339 g/mol. The van der Waals surface area contributed by atoms with Gasteiger partial charge in [-0.05, 0) is 61.3 Å². The van der Waals surface area contributed by atoms with Crippen LogP contribution in [0.5, 0.6) is 0 Å². The van der Waals surface area contributed by atoms with Crippen molar-refractivity contribution in [1.82, 2.24) is 14.9 Å². The van der Waals surface area contributed by atoms with Crippen molar-refractivity contribution in [2.45, 2.75) is 37.7 Å². The van der Waals surface area contributed by atoms with E-state index in [0.717, 1.165) is 47.0 Å². The third-order valence-corrected chi connectivity index (χ3v) is 8.69. The van der Waals surface area contributed by atoms with Crippen LogP contribution in [0.3, 0.4) is 0 Å². The number of aromatic amines is 1. The predicted molar refractivity (Wildman–Crippen MR) is 102 cm³/mol. The summed E-state index contributed by atoms with van der Waals surface area (Å²) in [5, 5.41) is 27.8. The number of nitrogens with zero attached hydrogens (tertiary/aromatic N) is 3. The van der Waals surface area contributed by atoms with Crippen LogP contribution < -0.4 is 5.46 Å². The highest BCUT2D eigenvalue weighted by molar-refractivity contribution is 6.66. The molecule has 4 aliphatic carbocycles. The molecule has 2 aromatic heterocycles. The smallest absolute Gasteiger partial charge is 0.428 e. The number of rotatable bonds is 1. The van der Waals surface area contributed by atoms with E-state index in [9.17, 15) is 10.1 Å². The molecule has 1 spiro atoms. The molecule has 4 fully saturated rings. The highest BCUT2D eigenvalue weighted by Crippen LogP contribution is 2.78. The Labute approximate surface area is 157 Å². The highest BCUT2D eigenvalue weighted by atomic mass is 16.3. The van der Waals surface area contributed by atoms with E-state index >= 15 is 0 Å². The third kappa shape index (κ3) is 1.60. The second kappa shape index (κ2) is 4.41. The minimum absolute atomic E-state index is 0.351. The van der Waals surface area contributed by atoms with Gasteiger partial charge in [0.2, 0.25) is 0 Å². The van der Waals surface area contributed by atoms with E-state index < -0.39 is 12.7 Å². The Morgan fingerprint density at radius 1 is 1.33 bits per heavy atom. The molecular formula is C20H23BN4O2. The Morgan fingerprint density at radius 3 is 3.11 bits per heavy atom. The molecule has 0 amide bonds. The summed E-state index contributed by atoms with van der Waals surface area (Å²) >= 11 is 0. The molecule has 0 saturated heterocycles. The van der Waals surface area contributed by atoms with Crippen molar-refractivity contribution in [3.05, 3.63) is 24.0 Å². The van der Waals surface area contributed by atoms with E-state index in [1.54, 1.807) is 11.1 Å². The lowest BCUT2D eigenvalue weighted by atomic mass is 9.53. The lowest BCUT2D eigenvalue weighted by Gasteiger charge is -2.50. The van der Waals surface area contributed by atoms with Crippen LogP contribution in [0.2, 0.25) is 0 Å². The minimum atomic E-state index is -0.760. The molecule has 0 radical (unpaired) electrons. The first-order valence-electron chi connectivity index (χ1n) is 10.2. The number of aliphatic hydroxyl groups is 1. The van der Waals surface area contributed by atoms with Crippen LogP contribution in [-0.4, -0.2) is 50.4 Å². The molecule has 7 heteroatoms. The maximum Gasteiger partial charge on any atom is 0.468 e. The Hall–Kier alpha value is -1.86. The average Bonchev–Trinajstić information content (AvgIpc) is 3.21. The molecule has 4 saturated carbocycles. The lowest BCUT2D eigenvalue weighted by Crippen LogP contribution is -2.53. The van der Waals surface area contributed by atoms with Gasteiger partial charge in [0.05, 0.1) is 11.3 Å². The predicted octanol–water partition coefficient (Wildman–Crippen LogP) is 1.09. The van der Waals surface area contributed by atoms with Gasteiger partial charge in [0.15, 0.2) is 0 Å². The van der Waals surface area contributed by atoms with Gasteiger partial charge in [0.1, 0.15) is 5.65 Å². The lowest BCUT2D eigenvalue weighted by molar-refractivity contribution is -0.0259. The normalized spacial score (nSPS) is 43.7. The van der Waals surface area contributed by atoms with Crippen LogP contribution in [0.15, 0.2) is 23.6 Å². The van der Waals surface area contributed by atoms with Crippen LogP contribution in [0, 0.1) is 29.1 Å². The SMILES string of the molecule is CN1N=C(C2C3CC4(O)CC5CC2C5(C3)C4)c2c(cnc3[nH]ccc23)B1O. The van der Waals surface area contributed by atoms with Crippen molar-refractivity contribution in [3.63, 3.8) is 0 Å². The molecule has 6 nitrogen and oxygen atoms in total. The van der Waals surface area contributed by atoms with Crippen molar-refractivity contribution in [2.24, 2.45) is 34.2 Å². The molecule has 7 rings (SSSR count). The van der Waals surface area contributed by atoms with Crippen molar-refractivity contribution >= 4 is 29.3 Å². The Balaban J connectivity index is 1.44. The zero-order chi connectivity index (χ0) is 18.1. The number of pyridine rings is 1. The molecule has 2 aromatic rings. The largest absolute Gasteiger partial charge is 0.468 e. The summed E-state index contributed by atoms with van der Waals surface area (Å²) in [4.78, 5) is 9.39. The van der Waals surface area contributed by atoms with Gasteiger partial charge in [-0.15, -0.1) is 0 Å². The molecule has 27 heavy (non-hydrogen) atoms. The van der Waals surface area contributed by atoms with E-state index in [4.69, 9.17) is 5.10 Å². The van der Waals surface area contributed by atoms with Crippen LogP contribution in [0.1, 0.15) is 37.7 Å². The van der Waals surface area contributed by atoms with E-state index in [-0.39, 0.29) is 0 Å². The van der Waals surface area contributed by atoms with E-state index in [0.29, 0.717) is 29.1 Å². The molecule has 3 bridgehead atoms. The van der Waals surface area contributed by atoms with Crippen LogP contribution in [0.25, 0.3) is 11.0 Å². The molecule has 6 atom stereocenters. The Kier molecular flexibility index (Phi) is 2.47. The van der Waals surface area contributed by atoms with Crippen molar-refractivity contribution in [3.8, 4) is 0 Å². The quantitative estimate of drug-likeness (QED) is 0.663. The van der Waals surface area contributed by atoms with Gasteiger partial charge in [0, 0.05) is 41.8 Å². The fourth-order valence-corrected chi connectivity index (χ4v) is 7.93. The van der Waals surface area contributed by atoms with Gasteiger partial charge in [-0.2, -0.15) is 5.10 Å². The molecule has 3 N–H and O–H groups in total. The number of aromatic nitrogens is 2. The second-order valence-corrected chi connectivity index (χ2v) is 9.83. The summed E-state index contributed by atoms with van der Waals surface area (Å²) < 4.78 is 0. The number of hydrazone groups is 1. The summed E-state index contributed by atoms with van der Waals surface area (Å²) in [5.74, 6) is 2.21. The summed E-state index contributed by atoms with van der Waals surface area (Å²) in [6, 6.07) is 2.05.